The van der Waals surface area contributed by atoms with E-state index in [0.717, 1.165) is 6.07 Å². The number of nitrogens with two attached hydrogens (primary N) is 1. The second-order valence-corrected chi connectivity index (χ2v) is 2.65. The summed E-state index contributed by atoms with van der Waals surface area (Å²) in [7, 11) is 0. The molecule has 0 radical (unpaired) electrons. The molecule has 0 aromatic heterocycles. The molecular formula is C10H10FNO. The van der Waals surface area contributed by atoms with Crippen molar-refractivity contribution in [3.8, 4) is 0 Å². The standard InChI is InChI=1S/C10H10FNO/c1-2-3-10(13)7-4-5-9(12)8(11)6-7/h2,4-6H,1,3,12H2. The van der Waals surface area contributed by atoms with Gasteiger partial charge in [-0.05, 0) is 18.2 Å². The Bertz CT molecular complexity index is 347. The van der Waals surface area contributed by atoms with Gasteiger partial charge in [0.15, 0.2) is 5.78 Å². The van der Waals surface area contributed by atoms with Gasteiger partial charge in [0.1, 0.15) is 5.82 Å². The largest absolute Gasteiger partial charge is 0.396 e. The summed E-state index contributed by atoms with van der Waals surface area (Å²) in [6.07, 6.45) is 1.69. The van der Waals surface area contributed by atoms with Crippen LogP contribution >= 0.6 is 0 Å². The lowest BCUT2D eigenvalue weighted by molar-refractivity contribution is 0.0995. The Labute approximate surface area is 75.9 Å². The first-order chi connectivity index (χ1) is 6.15. The zero-order chi connectivity index (χ0) is 9.84. The molecule has 0 aliphatic rings. The molecule has 2 N–H and O–H groups in total. The Balaban J connectivity index is 2.96. The summed E-state index contributed by atoms with van der Waals surface area (Å²) in [5.74, 6) is -0.719. The number of hydrogen-bond acceptors (Lipinski definition) is 2. The first-order valence-corrected chi connectivity index (χ1v) is 3.84. The number of Topliss-reactive ketones (excluding diaryl/α,β-unsaturated/α-hetero) is 1. The van der Waals surface area contributed by atoms with E-state index in [9.17, 15) is 9.18 Å². The van der Waals surface area contributed by atoms with Crippen LogP contribution in [-0.4, -0.2) is 5.78 Å². The second kappa shape index (κ2) is 3.85. The molecule has 1 aromatic carbocycles. The predicted molar refractivity (Wildman–Crippen MR) is 50.0 cm³/mol. The molecule has 1 rings (SSSR count). The third kappa shape index (κ3) is 2.15. The fraction of sp³-hybridized carbons (Fsp3) is 0.100. The summed E-state index contributed by atoms with van der Waals surface area (Å²) < 4.78 is 12.9. The maximum absolute atomic E-state index is 12.9. The van der Waals surface area contributed by atoms with Gasteiger partial charge < -0.3 is 5.73 Å². The Morgan fingerprint density at radius 3 is 2.85 bits per heavy atom. The zero-order valence-electron chi connectivity index (χ0n) is 7.09. The summed E-state index contributed by atoms with van der Waals surface area (Å²) in [5.41, 5.74) is 5.63. The number of rotatable bonds is 3. The molecule has 0 amide bonds. The molecule has 0 aliphatic carbocycles. The molecule has 0 atom stereocenters. The maximum atomic E-state index is 12.9. The van der Waals surface area contributed by atoms with Gasteiger partial charge in [0.2, 0.25) is 0 Å². The van der Waals surface area contributed by atoms with E-state index in [1.165, 1.54) is 18.2 Å². The Kier molecular flexibility index (Phi) is 2.80. The van der Waals surface area contributed by atoms with Gasteiger partial charge in [-0.15, -0.1) is 6.58 Å². The van der Waals surface area contributed by atoms with E-state index in [1.54, 1.807) is 0 Å². The van der Waals surface area contributed by atoms with E-state index in [-0.39, 0.29) is 17.9 Å². The third-order valence-electron chi connectivity index (χ3n) is 1.65. The Morgan fingerprint density at radius 1 is 1.62 bits per heavy atom. The Hall–Kier alpha value is -1.64. The molecule has 0 bridgehead atoms. The van der Waals surface area contributed by atoms with Crippen LogP contribution in [0.2, 0.25) is 0 Å². The molecule has 1 aromatic rings. The first kappa shape index (κ1) is 9.45. The van der Waals surface area contributed by atoms with Crippen LogP contribution < -0.4 is 5.73 Å². The lowest BCUT2D eigenvalue weighted by Gasteiger charge is -1.99. The van der Waals surface area contributed by atoms with Crippen LogP contribution in [0.5, 0.6) is 0 Å². The minimum atomic E-state index is -0.560. The van der Waals surface area contributed by atoms with E-state index < -0.39 is 5.82 Å². The van der Waals surface area contributed by atoms with Gasteiger partial charge in [0.25, 0.3) is 0 Å². The van der Waals surface area contributed by atoms with Crippen molar-refractivity contribution in [2.45, 2.75) is 6.42 Å². The molecule has 0 spiro atoms. The summed E-state index contributed by atoms with van der Waals surface area (Å²) >= 11 is 0. The topological polar surface area (TPSA) is 43.1 Å². The first-order valence-electron chi connectivity index (χ1n) is 3.84. The molecule has 68 valence electrons. The minimum absolute atomic E-state index is 0.0511. The smallest absolute Gasteiger partial charge is 0.166 e. The minimum Gasteiger partial charge on any atom is -0.396 e. The third-order valence-corrected chi connectivity index (χ3v) is 1.65. The van der Waals surface area contributed by atoms with Crippen molar-refractivity contribution in [3.63, 3.8) is 0 Å². The molecule has 0 saturated heterocycles. The van der Waals surface area contributed by atoms with Crippen molar-refractivity contribution in [3.05, 3.63) is 42.2 Å². The quantitative estimate of drug-likeness (QED) is 0.439. The monoisotopic (exact) mass is 179 g/mol. The SMILES string of the molecule is C=CCC(=O)c1ccc(N)c(F)c1. The summed E-state index contributed by atoms with van der Waals surface area (Å²) in [4.78, 5) is 11.2. The zero-order valence-corrected chi connectivity index (χ0v) is 7.09. The van der Waals surface area contributed by atoms with Crippen LogP contribution in [0.15, 0.2) is 30.9 Å². The van der Waals surface area contributed by atoms with Gasteiger partial charge in [-0.1, -0.05) is 6.08 Å². The molecule has 13 heavy (non-hydrogen) atoms. The van der Waals surface area contributed by atoms with Gasteiger partial charge in [0, 0.05) is 12.0 Å². The second-order valence-electron chi connectivity index (χ2n) is 2.65. The summed E-state index contributed by atoms with van der Waals surface area (Å²) in [5, 5.41) is 0. The van der Waals surface area contributed by atoms with Crippen LogP contribution in [0.25, 0.3) is 0 Å². The highest BCUT2D eigenvalue weighted by atomic mass is 19.1. The van der Waals surface area contributed by atoms with Crippen LogP contribution in [0, 0.1) is 5.82 Å². The molecule has 0 saturated carbocycles. The number of hydrogen-bond donors (Lipinski definition) is 1. The number of allylic oxidation sites excluding steroid dienone is 1. The summed E-state index contributed by atoms with van der Waals surface area (Å²) in [6.45, 7) is 3.43. The number of nitrogen functional groups attached to an aromatic ring is 1. The molecule has 0 fully saturated rings. The van der Waals surface area contributed by atoms with Crippen LogP contribution in [0.4, 0.5) is 10.1 Å². The molecular weight excluding hydrogens is 169 g/mol. The highest BCUT2D eigenvalue weighted by molar-refractivity contribution is 5.97. The number of carbonyl (C=O) groups is 1. The predicted octanol–water partition coefficient (Wildman–Crippen LogP) is 2.17. The van der Waals surface area contributed by atoms with Gasteiger partial charge in [-0.3, -0.25) is 4.79 Å². The Morgan fingerprint density at radius 2 is 2.31 bits per heavy atom. The number of halogens is 1. The van der Waals surface area contributed by atoms with Gasteiger partial charge in [-0.25, -0.2) is 4.39 Å². The van der Waals surface area contributed by atoms with Crippen LogP contribution in [0.3, 0.4) is 0 Å². The molecule has 0 unspecified atom stereocenters. The highest BCUT2D eigenvalue weighted by Gasteiger charge is 2.06. The number of ketones is 1. The average molecular weight is 179 g/mol. The lowest BCUT2D eigenvalue weighted by Crippen LogP contribution is -1.99. The van der Waals surface area contributed by atoms with Gasteiger partial charge in [-0.2, -0.15) is 0 Å². The molecule has 3 heteroatoms. The van der Waals surface area contributed by atoms with Crippen molar-refractivity contribution in [1.29, 1.82) is 0 Å². The van der Waals surface area contributed by atoms with Crippen molar-refractivity contribution in [1.82, 2.24) is 0 Å². The van der Waals surface area contributed by atoms with E-state index in [4.69, 9.17) is 5.73 Å². The molecule has 2 nitrogen and oxygen atoms in total. The van der Waals surface area contributed by atoms with Crippen molar-refractivity contribution in [2.75, 3.05) is 5.73 Å². The van der Waals surface area contributed by atoms with Gasteiger partial charge in [0.05, 0.1) is 5.69 Å². The van der Waals surface area contributed by atoms with E-state index >= 15 is 0 Å². The molecule has 0 heterocycles. The number of benzene rings is 1. The van der Waals surface area contributed by atoms with Crippen LogP contribution in [0.1, 0.15) is 16.8 Å². The normalized spacial score (nSPS) is 9.62. The summed E-state index contributed by atoms with van der Waals surface area (Å²) in [6, 6.07) is 4.02. The van der Waals surface area contributed by atoms with E-state index in [1.807, 2.05) is 0 Å². The van der Waals surface area contributed by atoms with E-state index in [0.29, 0.717) is 5.56 Å². The average Bonchev–Trinajstić information content (AvgIpc) is 2.10. The maximum Gasteiger partial charge on any atom is 0.166 e. The fourth-order valence-corrected chi connectivity index (χ4v) is 0.950. The lowest BCUT2D eigenvalue weighted by atomic mass is 10.1. The van der Waals surface area contributed by atoms with E-state index in [2.05, 4.69) is 6.58 Å². The number of carbonyl (C=O) groups excluding carboxylic acids is 1. The fourth-order valence-electron chi connectivity index (χ4n) is 0.950. The van der Waals surface area contributed by atoms with Crippen molar-refractivity contribution >= 4 is 11.5 Å². The van der Waals surface area contributed by atoms with Crippen molar-refractivity contribution in [2.24, 2.45) is 0 Å². The molecule has 0 aliphatic heterocycles. The highest BCUT2D eigenvalue weighted by Crippen LogP contribution is 2.13. The van der Waals surface area contributed by atoms with Crippen molar-refractivity contribution < 1.29 is 9.18 Å². The number of anilines is 1. The van der Waals surface area contributed by atoms with Crippen LogP contribution in [-0.2, 0) is 0 Å². The van der Waals surface area contributed by atoms with Gasteiger partial charge >= 0.3 is 0 Å².